The predicted octanol–water partition coefficient (Wildman–Crippen LogP) is 0.267. The number of hydrogen-bond acceptors (Lipinski definition) is 3. The van der Waals surface area contributed by atoms with E-state index in [1.807, 2.05) is 0 Å². The smallest absolute Gasteiger partial charge is 0.338 e. The van der Waals surface area contributed by atoms with E-state index in [1.165, 1.54) is 25.3 Å². The van der Waals surface area contributed by atoms with E-state index in [1.54, 1.807) is 0 Å². The van der Waals surface area contributed by atoms with Crippen molar-refractivity contribution in [3.63, 3.8) is 0 Å². The monoisotopic (exact) mass is 218 g/mol. The lowest BCUT2D eigenvalue weighted by atomic mass is 10.2. The Balaban J connectivity index is 2.80. The number of pyridine rings is 1. The van der Waals surface area contributed by atoms with E-state index in [4.69, 9.17) is 5.11 Å². The maximum absolute atomic E-state index is 10.8. The number of amides is 1. The average Bonchev–Trinajstić information content (AvgIpc) is 2.24. The highest BCUT2D eigenvalue weighted by Crippen LogP contribution is 2.02. The largest absolute Gasteiger partial charge is 0.478 e. The van der Waals surface area contributed by atoms with Gasteiger partial charge in [-0.15, -0.1) is 0 Å². The summed E-state index contributed by atoms with van der Waals surface area (Å²) < 4.78 is 0. The number of rotatable bonds is 2. The fraction of sp³-hybridized carbons (Fsp3) is 0.182. The Bertz CT molecular complexity index is 472. The molecule has 0 saturated carbocycles. The first-order chi connectivity index (χ1) is 7.61. The lowest BCUT2D eigenvalue weighted by Crippen LogP contribution is -2.19. The van der Waals surface area contributed by atoms with Gasteiger partial charge >= 0.3 is 5.97 Å². The first-order valence-electron chi connectivity index (χ1n) is 4.53. The van der Waals surface area contributed by atoms with Crippen molar-refractivity contribution in [1.29, 1.82) is 0 Å². The van der Waals surface area contributed by atoms with E-state index in [2.05, 4.69) is 22.1 Å². The molecule has 0 aliphatic carbocycles. The van der Waals surface area contributed by atoms with Gasteiger partial charge in [0.1, 0.15) is 5.69 Å². The van der Waals surface area contributed by atoms with Crippen molar-refractivity contribution in [3.8, 4) is 11.8 Å². The number of nitrogens with one attached hydrogen (secondary N) is 1. The molecule has 1 amide bonds. The number of nitrogens with zero attached hydrogens (tertiary/aromatic N) is 1. The summed E-state index contributed by atoms with van der Waals surface area (Å²) in [6.45, 7) is 1.55. The van der Waals surface area contributed by atoms with Gasteiger partial charge in [-0.25, -0.2) is 9.78 Å². The van der Waals surface area contributed by atoms with Crippen LogP contribution in [0.3, 0.4) is 0 Å². The van der Waals surface area contributed by atoms with Crippen LogP contribution in [0.25, 0.3) is 0 Å². The summed E-state index contributed by atoms with van der Waals surface area (Å²) in [4.78, 5) is 25.2. The van der Waals surface area contributed by atoms with E-state index >= 15 is 0 Å². The maximum Gasteiger partial charge on any atom is 0.338 e. The summed E-state index contributed by atoms with van der Waals surface area (Å²) >= 11 is 0. The second-order valence-electron chi connectivity index (χ2n) is 2.92. The zero-order valence-corrected chi connectivity index (χ0v) is 8.65. The second kappa shape index (κ2) is 5.51. The van der Waals surface area contributed by atoms with E-state index in [0.29, 0.717) is 0 Å². The highest BCUT2D eigenvalue weighted by atomic mass is 16.4. The van der Waals surface area contributed by atoms with E-state index < -0.39 is 5.97 Å². The zero-order valence-electron chi connectivity index (χ0n) is 8.65. The molecule has 0 bridgehead atoms. The number of aromatic nitrogens is 1. The van der Waals surface area contributed by atoms with Gasteiger partial charge in [0, 0.05) is 13.1 Å². The minimum Gasteiger partial charge on any atom is -0.478 e. The highest BCUT2D eigenvalue weighted by Gasteiger charge is 2.07. The minimum atomic E-state index is -1.07. The molecule has 0 radical (unpaired) electrons. The van der Waals surface area contributed by atoms with Gasteiger partial charge in [0.25, 0.3) is 0 Å². The van der Waals surface area contributed by atoms with Crippen molar-refractivity contribution in [2.24, 2.45) is 0 Å². The van der Waals surface area contributed by atoms with Crippen molar-refractivity contribution in [1.82, 2.24) is 10.3 Å². The van der Waals surface area contributed by atoms with Crippen LogP contribution < -0.4 is 5.32 Å². The van der Waals surface area contributed by atoms with E-state index in [0.717, 1.165) is 0 Å². The molecule has 0 atom stereocenters. The molecule has 2 N–H and O–H groups in total. The first kappa shape index (κ1) is 11.7. The Morgan fingerprint density at radius 1 is 1.56 bits per heavy atom. The van der Waals surface area contributed by atoms with Crippen LogP contribution in [0.15, 0.2) is 18.3 Å². The van der Waals surface area contributed by atoms with Crippen LogP contribution in [0.2, 0.25) is 0 Å². The highest BCUT2D eigenvalue weighted by molar-refractivity contribution is 5.89. The van der Waals surface area contributed by atoms with Crippen molar-refractivity contribution in [2.75, 3.05) is 6.54 Å². The van der Waals surface area contributed by atoms with Crippen LogP contribution in [-0.2, 0) is 4.79 Å². The van der Waals surface area contributed by atoms with Crippen molar-refractivity contribution >= 4 is 11.9 Å². The maximum atomic E-state index is 10.8. The summed E-state index contributed by atoms with van der Waals surface area (Å²) in [5, 5.41) is 11.3. The number of carbonyl (C=O) groups excluding carboxylic acids is 1. The van der Waals surface area contributed by atoms with Crippen molar-refractivity contribution in [3.05, 3.63) is 29.6 Å². The molecule has 16 heavy (non-hydrogen) atoms. The van der Waals surface area contributed by atoms with E-state index in [-0.39, 0.29) is 23.7 Å². The molecule has 0 fully saturated rings. The molecule has 82 valence electrons. The molecular formula is C11H10N2O3. The molecular weight excluding hydrogens is 208 g/mol. The molecule has 1 rings (SSSR count). The standard InChI is InChI=1S/C11H10N2O3/c1-8(14)12-6-3-5-10-9(11(15)16)4-2-7-13-10/h2,4,7H,6H2,1H3,(H,12,14)(H,15,16). The first-order valence-corrected chi connectivity index (χ1v) is 4.53. The van der Waals surface area contributed by atoms with Crippen molar-refractivity contribution < 1.29 is 14.7 Å². The Kier molecular flexibility index (Phi) is 4.04. The zero-order chi connectivity index (χ0) is 12.0. The molecule has 0 spiro atoms. The van der Waals surface area contributed by atoms with Gasteiger partial charge in [-0.1, -0.05) is 5.92 Å². The Labute approximate surface area is 92.5 Å². The number of aromatic carboxylic acids is 1. The Morgan fingerprint density at radius 3 is 2.94 bits per heavy atom. The summed E-state index contributed by atoms with van der Waals surface area (Å²) in [5.74, 6) is 3.96. The van der Waals surface area contributed by atoms with Crippen LogP contribution >= 0.6 is 0 Å². The molecule has 0 aliphatic heterocycles. The van der Waals surface area contributed by atoms with Gasteiger partial charge < -0.3 is 10.4 Å². The fourth-order valence-electron chi connectivity index (χ4n) is 0.974. The number of carbonyl (C=O) groups is 2. The molecule has 0 unspecified atom stereocenters. The van der Waals surface area contributed by atoms with E-state index in [9.17, 15) is 9.59 Å². The van der Waals surface area contributed by atoms with Gasteiger partial charge in [-0.3, -0.25) is 4.79 Å². The molecule has 1 aromatic rings. The minimum absolute atomic E-state index is 0.0535. The second-order valence-corrected chi connectivity index (χ2v) is 2.92. The molecule has 0 aliphatic rings. The lowest BCUT2D eigenvalue weighted by molar-refractivity contribution is -0.118. The number of carboxylic acid groups (broad SMARTS) is 1. The normalized spacial score (nSPS) is 8.81. The molecule has 1 aromatic heterocycles. The quantitative estimate of drug-likeness (QED) is 0.698. The summed E-state index contributed by atoms with van der Waals surface area (Å²) in [6, 6.07) is 2.96. The van der Waals surface area contributed by atoms with Gasteiger partial charge in [-0.2, -0.15) is 0 Å². The molecule has 5 nitrogen and oxygen atoms in total. The Morgan fingerprint density at radius 2 is 2.31 bits per heavy atom. The van der Waals surface area contributed by atoms with Gasteiger partial charge in [0.05, 0.1) is 12.1 Å². The fourth-order valence-corrected chi connectivity index (χ4v) is 0.974. The van der Waals surface area contributed by atoms with Crippen LogP contribution in [0, 0.1) is 11.8 Å². The van der Waals surface area contributed by atoms with Crippen molar-refractivity contribution in [2.45, 2.75) is 6.92 Å². The van der Waals surface area contributed by atoms with Crippen LogP contribution in [0.4, 0.5) is 0 Å². The number of carboxylic acids is 1. The predicted molar refractivity (Wildman–Crippen MR) is 56.8 cm³/mol. The molecule has 5 heteroatoms. The molecule has 0 aromatic carbocycles. The lowest BCUT2D eigenvalue weighted by Gasteiger charge is -1.96. The third-order valence-electron chi connectivity index (χ3n) is 1.67. The Hall–Kier alpha value is -2.35. The molecule has 0 saturated heterocycles. The summed E-state index contributed by atoms with van der Waals surface area (Å²) in [6.07, 6.45) is 1.47. The third kappa shape index (κ3) is 3.42. The molecule has 1 heterocycles. The topological polar surface area (TPSA) is 79.3 Å². The summed E-state index contributed by atoms with van der Waals surface area (Å²) in [5.41, 5.74) is 0.248. The van der Waals surface area contributed by atoms with Gasteiger partial charge in [-0.05, 0) is 18.1 Å². The van der Waals surface area contributed by atoms with Crippen LogP contribution in [0.5, 0.6) is 0 Å². The average molecular weight is 218 g/mol. The number of hydrogen-bond donors (Lipinski definition) is 2. The van der Waals surface area contributed by atoms with Gasteiger partial charge in [0.2, 0.25) is 5.91 Å². The van der Waals surface area contributed by atoms with Crippen LogP contribution in [0.1, 0.15) is 23.0 Å². The van der Waals surface area contributed by atoms with Gasteiger partial charge in [0.15, 0.2) is 0 Å². The SMILES string of the molecule is CC(=O)NCC#Cc1ncccc1C(=O)O. The van der Waals surface area contributed by atoms with Crippen LogP contribution in [-0.4, -0.2) is 28.5 Å². The third-order valence-corrected chi connectivity index (χ3v) is 1.67. The summed E-state index contributed by atoms with van der Waals surface area (Å²) in [7, 11) is 0.